The summed E-state index contributed by atoms with van der Waals surface area (Å²) in [7, 11) is 0. The second kappa shape index (κ2) is 7.67. The number of benzene rings is 2. The first-order chi connectivity index (χ1) is 15.1. The molecule has 1 aliphatic rings. The molecular formula is C22H21N7O2. The van der Waals surface area contributed by atoms with E-state index in [1.165, 1.54) is 0 Å². The number of amides is 2. The van der Waals surface area contributed by atoms with Gasteiger partial charge in [-0.05, 0) is 30.3 Å². The molecule has 1 N–H and O–H groups in total. The Balaban J connectivity index is 1.32. The van der Waals surface area contributed by atoms with Crippen LogP contribution < -0.4 is 0 Å². The van der Waals surface area contributed by atoms with Gasteiger partial charge in [-0.2, -0.15) is 5.10 Å². The highest BCUT2D eigenvalue weighted by Gasteiger charge is 2.23. The SMILES string of the molecule is CC(=O)N1CCN(C(=O)c2ccc(-n3cc(-c4n[nH]c5ccccc45)nn3)cc2)CC1. The van der Waals surface area contributed by atoms with Crippen LogP contribution >= 0.6 is 0 Å². The number of fused-ring (bicyclic) bond motifs is 1. The minimum absolute atomic E-state index is 0.0305. The van der Waals surface area contributed by atoms with E-state index in [1.807, 2.05) is 42.6 Å². The lowest BCUT2D eigenvalue weighted by Crippen LogP contribution is -2.50. The molecule has 0 bridgehead atoms. The molecule has 0 radical (unpaired) electrons. The molecule has 0 atom stereocenters. The first-order valence-electron chi connectivity index (χ1n) is 10.1. The molecule has 31 heavy (non-hydrogen) atoms. The zero-order valence-corrected chi connectivity index (χ0v) is 17.0. The Morgan fingerprint density at radius 1 is 0.935 bits per heavy atom. The number of para-hydroxylation sites is 1. The standard InChI is InChI=1S/C22H21N7O2/c1-15(30)27-10-12-28(13-11-27)22(31)16-6-8-17(9-7-16)29-14-20(24-26-29)21-18-4-2-3-5-19(18)23-25-21/h2-9,14H,10-13H2,1H3,(H,23,25). The predicted molar refractivity (Wildman–Crippen MR) is 115 cm³/mol. The lowest BCUT2D eigenvalue weighted by molar-refractivity contribution is -0.130. The van der Waals surface area contributed by atoms with Gasteiger partial charge in [-0.3, -0.25) is 14.7 Å². The molecule has 0 unspecified atom stereocenters. The van der Waals surface area contributed by atoms with E-state index < -0.39 is 0 Å². The third kappa shape index (κ3) is 3.54. The van der Waals surface area contributed by atoms with Crippen LogP contribution in [0.5, 0.6) is 0 Å². The number of carbonyl (C=O) groups excluding carboxylic acids is 2. The molecule has 2 aromatic heterocycles. The van der Waals surface area contributed by atoms with Gasteiger partial charge in [0.05, 0.1) is 17.4 Å². The van der Waals surface area contributed by atoms with Crippen LogP contribution in [0.15, 0.2) is 54.7 Å². The summed E-state index contributed by atoms with van der Waals surface area (Å²) in [5.74, 6) is 0.0171. The van der Waals surface area contributed by atoms with Crippen molar-refractivity contribution in [3.8, 4) is 17.1 Å². The number of hydrogen-bond acceptors (Lipinski definition) is 5. The maximum atomic E-state index is 12.8. The fourth-order valence-corrected chi connectivity index (χ4v) is 3.82. The predicted octanol–water partition coefficient (Wildman–Crippen LogP) is 2.11. The van der Waals surface area contributed by atoms with Gasteiger partial charge in [-0.15, -0.1) is 5.10 Å². The second-order valence-corrected chi connectivity index (χ2v) is 7.51. The number of carbonyl (C=O) groups is 2. The number of hydrogen-bond donors (Lipinski definition) is 1. The highest BCUT2D eigenvalue weighted by Crippen LogP contribution is 2.24. The van der Waals surface area contributed by atoms with Crippen molar-refractivity contribution in [3.63, 3.8) is 0 Å². The number of nitrogens with zero attached hydrogens (tertiary/aromatic N) is 6. The van der Waals surface area contributed by atoms with E-state index in [2.05, 4.69) is 20.5 Å². The van der Waals surface area contributed by atoms with Crippen molar-refractivity contribution in [2.45, 2.75) is 6.92 Å². The molecule has 156 valence electrons. The van der Waals surface area contributed by atoms with Gasteiger partial charge in [-0.1, -0.05) is 23.4 Å². The van der Waals surface area contributed by atoms with Crippen LogP contribution in [0, 0.1) is 0 Å². The van der Waals surface area contributed by atoms with Crippen molar-refractivity contribution in [1.29, 1.82) is 0 Å². The van der Waals surface area contributed by atoms with Crippen molar-refractivity contribution < 1.29 is 9.59 Å². The average molecular weight is 415 g/mol. The van der Waals surface area contributed by atoms with Gasteiger partial charge in [0.15, 0.2) is 0 Å². The maximum absolute atomic E-state index is 12.8. The highest BCUT2D eigenvalue weighted by atomic mass is 16.2. The van der Waals surface area contributed by atoms with Crippen LogP contribution in [0.25, 0.3) is 28.0 Å². The Labute approximate surface area is 178 Å². The Bertz CT molecular complexity index is 1250. The molecule has 0 saturated carbocycles. The number of aromatic nitrogens is 5. The number of aromatic amines is 1. The van der Waals surface area contributed by atoms with Crippen molar-refractivity contribution in [1.82, 2.24) is 35.0 Å². The summed E-state index contributed by atoms with van der Waals surface area (Å²) in [6.45, 7) is 3.79. The topological polar surface area (TPSA) is 100 Å². The van der Waals surface area contributed by atoms with Crippen molar-refractivity contribution >= 4 is 22.7 Å². The minimum atomic E-state index is -0.0305. The molecule has 2 aromatic carbocycles. The summed E-state index contributed by atoms with van der Waals surface area (Å²) < 4.78 is 1.67. The van der Waals surface area contributed by atoms with E-state index in [4.69, 9.17) is 0 Å². The molecule has 1 aliphatic heterocycles. The molecule has 0 aliphatic carbocycles. The fraction of sp³-hybridized carbons (Fsp3) is 0.227. The Kier molecular flexibility index (Phi) is 4.70. The third-order valence-corrected chi connectivity index (χ3v) is 5.60. The van der Waals surface area contributed by atoms with Gasteiger partial charge < -0.3 is 9.80 Å². The molecule has 9 heteroatoms. The number of nitrogens with one attached hydrogen (secondary N) is 1. The monoisotopic (exact) mass is 415 g/mol. The Morgan fingerprint density at radius 3 is 2.39 bits per heavy atom. The van der Waals surface area contributed by atoms with E-state index in [0.29, 0.717) is 37.4 Å². The van der Waals surface area contributed by atoms with Crippen LogP contribution in [-0.2, 0) is 4.79 Å². The van der Waals surface area contributed by atoms with E-state index in [1.54, 1.807) is 33.5 Å². The third-order valence-electron chi connectivity index (χ3n) is 5.60. The van der Waals surface area contributed by atoms with Crippen LogP contribution in [0.3, 0.4) is 0 Å². The molecule has 0 spiro atoms. The van der Waals surface area contributed by atoms with Crippen LogP contribution in [-0.4, -0.2) is 73.0 Å². The molecule has 5 rings (SSSR count). The normalized spacial score (nSPS) is 14.2. The summed E-state index contributed by atoms with van der Waals surface area (Å²) >= 11 is 0. The van der Waals surface area contributed by atoms with E-state index in [0.717, 1.165) is 22.3 Å². The largest absolute Gasteiger partial charge is 0.339 e. The number of piperazine rings is 1. The zero-order chi connectivity index (χ0) is 21.4. The molecule has 2 amide bonds. The van der Waals surface area contributed by atoms with Crippen molar-refractivity contribution in [2.24, 2.45) is 0 Å². The Morgan fingerprint density at radius 2 is 1.65 bits per heavy atom. The summed E-state index contributed by atoms with van der Waals surface area (Å²) in [5, 5.41) is 16.8. The lowest BCUT2D eigenvalue weighted by Gasteiger charge is -2.34. The average Bonchev–Trinajstić information content (AvgIpc) is 3.46. The summed E-state index contributed by atoms with van der Waals surface area (Å²) in [6.07, 6.45) is 1.82. The summed E-state index contributed by atoms with van der Waals surface area (Å²) in [6, 6.07) is 15.1. The lowest BCUT2D eigenvalue weighted by atomic mass is 10.1. The van der Waals surface area contributed by atoms with Gasteiger partial charge >= 0.3 is 0 Å². The van der Waals surface area contributed by atoms with Gasteiger partial charge in [0.25, 0.3) is 5.91 Å². The number of H-pyrrole nitrogens is 1. The second-order valence-electron chi connectivity index (χ2n) is 7.51. The Hall–Kier alpha value is -4.01. The highest BCUT2D eigenvalue weighted by molar-refractivity contribution is 5.94. The van der Waals surface area contributed by atoms with Crippen LogP contribution in [0.2, 0.25) is 0 Å². The first kappa shape index (κ1) is 19.0. The number of rotatable bonds is 3. The van der Waals surface area contributed by atoms with Gasteiger partial charge in [0, 0.05) is 44.1 Å². The van der Waals surface area contributed by atoms with Gasteiger partial charge in [0.2, 0.25) is 5.91 Å². The molecule has 9 nitrogen and oxygen atoms in total. The van der Waals surface area contributed by atoms with E-state index in [-0.39, 0.29) is 11.8 Å². The first-order valence-corrected chi connectivity index (χ1v) is 10.1. The van der Waals surface area contributed by atoms with E-state index in [9.17, 15) is 9.59 Å². The molecule has 1 saturated heterocycles. The molecule has 4 aromatic rings. The quantitative estimate of drug-likeness (QED) is 0.552. The zero-order valence-electron chi connectivity index (χ0n) is 17.0. The molecular weight excluding hydrogens is 394 g/mol. The van der Waals surface area contributed by atoms with Crippen molar-refractivity contribution in [2.75, 3.05) is 26.2 Å². The van der Waals surface area contributed by atoms with Crippen molar-refractivity contribution in [3.05, 3.63) is 60.3 Å². The summed E-state index contributed by atoms with van der Waals surface area (Å²) in [4.78, 5) is 27.8. The minimum Gasteiger partial charge on any atom is -0.339 e. The van der Waals surface area contributed by atoms with E-state index >= 15 is 0 Å². The van der Waals surface area contributed by atoms with Gasteiger partial charge in [0.1, 0.15) is 11.4 Å². The smallest absolute Gasteiger partial charge is 0.253 e. The molecule has 3 heterocycles. The van der Waals surface area contributed by atoms with Crippen LogP contribution in [0.4, 0.5) is 0 Å². The molecule has 1 fully saturated rings. The fourth-order valence-electron chi connectivity index (χ4n) is 3.82. The van der Waals surface area contributed by atoms with Crippen LogP contribution in [0.1, 0.15) is 17.3 Å². The van der Waals surface area contributed by atoms with Gasteiger partial charge in [-0.25, -0.2) is 4.68 Å². The maximum Gasteiger partial charge on any atom is 0.253 e. The summed E-state index contributed by atoms with van der Waals surface area (Å²) in [5.41, 5.74) is 3.77.